The number of amides is 1. The third-order valence-electron chi connectivity index (χ3n) is 7.43. The topological polar surface area (TPSA) is 84.9 Å². The second-order valence-electron chi connectivity index (χ2n) is 9.74. The first-order chi connectivity index (χ1) is 17.3. The Bertz CT molecular complexity index is 1100. The van der Waals surface area contributed by atoms with Crippen molar-refractivity contribution in [1.82, 2.24) is 4.90 Å². The van der Waals surface area contributed by atoms with Gasteiger partial charge in [0, 0.05) is 30.9 Å². The van der Waals surface area contributed by atoms with Crippen LogP contribution in [0.15, 0.2) is 72.8 Å². The Morgan fingerprint density at radius 3 is 2.31 bits per heavy atom. The number of nitrogens with zero attached hydrogens (tertiary/aromatic N) is 1. The summed E-state index contributed by atoms with van der Waals surface area (Å²) >= 11 is 0. The number of carbonyl (C=O) groups is 3. The molecule has 7 heteroatoms. The number of likely N-dealkylation sites (tertiary alicyclic amines) is 1. The minimum Gasteiger partial charge on any atom is -0.468 e. The second-order valence-corrected chi connectivity index (χ2v) is 9.74. The van der Waals surface area contributed by atoms with Crippen molar-refractivity contribution in [3.05, 3.63) is 78.4 Å². The fourth-order valence-electron chi connectivity index (χ4n) is 5.07. The van der Waals surface area contributed by atoms with E-state index in [1.165, 1.54) is 14.0 Å². The summed E-state index contributed by atoms with van der Waals surface area (Å²) in [6.45, 7) is 7.54. The summed E-state index contributed by atoms with van der Waals surface area (Å²) in [7, 11) is 1.24. The normalized spacial score (nSPS) is 24.9. The average molecular weight is 491 g/mol. The van der Waals surface area contributed by atoms with Crippen LogP contribution in [-0.2, 0) is 23.9 Å². The second kappa shape index (κ2) is 11.1. The summed E-state index contributed by atoms with van der Waals surface area (Å²) in [4.78, 5) is 41.3. The Morgan fingerprint density at radius 1 is 1.08 bits per heavy atom. The third-order valence-corrected chi connectivity index (χ3v) is 7.43. The molecule has 1 amide bonds. The Labute approximate surface area is 212 Å². The lowest BCUT2D eigenvalue weighted by Crippen LogP contribution is -2.55. The average Bonchev–Trinajstić information content (AvgIpc) is 2.93. The number of hydrogen-bond acceptors (Lipinski definition) is 6. The molecule has 2 heterocycles. The first-order valence-corrected chi connectivity index (χ1v) is 12.4. The van der Waals surface area contributed by atoms with Crippen molar-refractivity contribution in [3.8, 4) is 0 Å². The van der Waals surface area contributed by atoms with E-state index in [2.05, 4.69) is 11.9 Å². The van der Waals surface area contributed by atoms with Crippen LogP contribution in [0.25, 0.3) is 0 Å². The van der Waals surface area contributed by atoms with Gasteiger partial charge in [0.1, 0.15) is 6.10 Å². The van der Waals surface area contributed by atoms with Crippen LogP contribution >= 0.6 is 0 Å². The smallest absolute Gasteiger partial charge is 0.322 e. The van der Waals surface area contributed by atoms with Crippen molar-refractivity contribution in [2.75, 3.05) is 32.1 Å². The van der Waals surface area contributed by atoms with E-state index in [1.807, 2.05) is 65.6 Å². The SMILES string of the molecule is C=C1C(=O)[C@](C)(C(=O)OC)[C@@H](CC(=O)N2CCC(CNc3ccccc3)CC2)O[C@H]1c1ccccc1. The number of nitrogens with one attached hydrogen (secondary N) is 1. The summed E-state index contributed by atoms with van der Waals surface area (Å²) in [6, 6.07) is 19.3. The summed E-state index contributed by atoms with van der Waals surface area (Å²) in [5.41, 5.74) is 0.397. The van der Waals surface area contributed by atoms with Gasteiger partial charge in [-0.2, -0.15) is 0 Å². The van der Waals surface area contributed by atoms with Gasteiger partial charge in [-0.1, -0.05) is 55.1 Å². The fraction of sp³-hybridized carbons (Fsp3) is 0.414. The number of ketones is 1. The van der Waals surface area contributed by atoms with Gasteiger partial charge in [0.15, 0.2) is 11.2 Å². The van der Waals surface area contributed by atoms with Crippen LogP contribution in [0, 0.1) is 11.3 Å². The van der Waals surface area contributed by atoms with Crippen molar-refractivity contribution < 1.29 is 23.9 Å². The molecule has 2 aliphatic heterocycles. The standard InChI is InChI=1S/C29H34N2O5/c1-20-26(22-10-6-4-7-11-22)36-24(29(2,27(20)33)28(34)35-3)18-25(32)31-16-14-21(15-17-31)19-30-23-12-8-5-9-13-23/h4-13,21,24,26,30H,1,14-19H2,2-3H3/t24-,26-,29-/m1/s1. The zero-order valence-corrected chi connectivity index (χ0v) is 20.9. The van der Waals surface area contributed by atoms with Crippen LogP contribution in [0.5, 0.6) is 0 Å². The number of rotatable bonds is 7. The highest BCUT2D eigenvalue weighted by Crippen LogP contribution is 2.44. The Morgan fingerprint density at radius 2 is 1.69 bits per heavy atom. The molecule has 190 valence electrons. The molecule has 0 saturated carbocycles. The molecule has 2 aliphatic rings. The van der Waals surface area contributed by atoms with Crippen LogP contribution in [0.1, 0.15) is 37.9 Å². The minimum atomic E-state index is -1.63. The maximum Gasteiger partial charge on any atom is 0.322 e. The summed E-state index contributed by atoms with van der Waals surface area (Å²) in [5.74, 6) is -0.828. The lowest BCUT2D eigenvalue weighted by Gasteiger charge is -2.42. The molecule has 0 unspecified atom stereocenters. The largest absolute Gasteiger partial charge is 0.468 e. The summed E-state index contributed by atoms with van der Waals surface area (Å²) < 4.78 is 11.3. The van der Waals surface area contributed by atoms with E-state index in [1.54, 1.807) is 0 Å². The third kappa shape index (κ3) is 5.21. The number of methoxy groups -OCH3 is 1. The fourth-order valence-corrected chi connectivity index (χ4v) is 5.07. The van der Waals surface area contributed by atoms with Crippen LogP contribution in [-0.4, -0.2) is 55.4 Å². The van der Waals surface area contributed by atoms with Crippen molar-refractivity contribution in [2.24, 2.45) is 11.3 Å². The number of benzene rings is 2. The molecule has 7 nitrogen and oxygen atoms in total. The molecular formula is C29H34N2O5. The molecule has 0 aromatic heterocycles. The van der Waals surface area contributed by atoms with Crippen molar-refractivity contribution in [1.29, 1.82) is 0 Å². The minimum absolute atomic E-state index is 0.0825. The molecule has 36 heavy (non-hydrogen) atoms. The van der Waals surface area contributed by atoms with Crippen LogP contribution in [0.2, 0.25) is 0 Å². The maximum atomic E-state index is 13.4. The van der Waals surface area contributed by atoms with Gasteiger partial charge >= 0.3 is 5.97 Å². The highest BCUT2D eigenvalue weighted by molar-refractivity contribution is 6.13. The Balaban J connectivity index is 1.42. The van der Waals surface area contributed by atoms with E-state index >= 15 is 0 Å². The van der Waals surface area contributed by atoms with Gasteiger partial charge in [0.2, 0.25) is 5.91 Å². The molecule has 3 atom stereocenters. The molecule has 0 bridgehead atoms. The number of ether oxygens (including phenoxy) is 2. The van der Waals surface area contributed by atoms with E-state index in [-0.39, 0.29) is 17.9 Å². The van der Waals surface area contributed by atoms with Gasteiger partial charge in [0.05, 0.1) is 19.6 Å². The number of anilines is 1. The lowest BCUT2D eigenvalue weighted by molar-refractivity contribution is -0.178. The highest BCUT2D eigenvalue weighted by Gasteiger charge is 2.56. The predicted octanol–water partition coefficient (Wildman–Crippen LogP) is 4.17. The van der Waals surface area contributed by atoms with E-state index in [4.69, 9.17) is 9.47 Å². The van der Waals surface area contributed by atoms with Crippen LogP contribution < -0.4 is 5.32 Å². The van der Waals surface area contributed by atoms with Crippen LogP contribution in [0.3, 0.4) is 0 Å². The van der Waals surface area contributed by atoms with Crippen molar-refractivity contribution in [2.45, 2.75) is 38.4 Å². The molecule has 4 rings (SSSR count). The molecule has 2 aromatic carbocycles. The summed E-state index contributed by atoms with van der Waals surface area (Å²) in [6.07, 6.45) is 0.00435. The van der Waals surface area contributed by atoms with Gasteiger partial charge in [-0.25, -0.2) is 0 Å². The van der Waals surface area contributed by atoms with Gasteiger partial charge in [-0.3, -0.25) is 14.4 Å². The highest BCUT2D eigenvalue weighted by atomic mass is 16.5. The van der Waals surface area contributed by atoms with Crippen molar-refractivity contribution >= 4 is 23.3 Å². The molecule has 0 radical (unpaired) electrons. The Hall–Kier alpha value is -3.45. The molecule has 2 fully saturated rings. The Kier molecular flexibility index (Phi) is 7.89. The van der Waals surface area contributed by atoms with E-state index in [0.29, 0.717) is 19.0 Å². The zero-order chi connectivity index (χ0) is 25.7. The first-order valence-electron chi connectivity index (χ1n) is 12.4. The molecule has 1 N–H and O–H groups in total. The quantitative estimate of drug-likeness (QED) is 0.356. The van der Waals surface area contributed by atoms with E-state index in [0.717, 1.165) is 30.6 Å². The number of piperidine rings is 1. The molecule has 0 aliphatic carbocycles. The van der Waals surface area contributed by atoms with Gasteiger partial charge in [-0.05, 0) is 43.4 Å². The first kappa shape index (κ1) is 25.6. The van der Waals surface area contributed by atoms with Gasteiger partial charge in [0.25, 0.3) is 0 Å². The number of hydrogen-bond donors (Lipinski definition) is 1. The number of para-hydroxylation sites is 1. The monoisotopic (exact) mass is 490 g/mol. The predicted molar refractivity (Wildman–Crippen MR) is 137 cm³/mol. The van der Waals surface area contributed by atoms with Crippen molar-refractivity contribution in [3.63, 3.8) is 0 Å². The zero-order valence-electron chi connectivity index (χ0n) is 20.9. The molecular weight excluding hydrogens is 456 g/mol. The van der Waals surface area contributed by atoms with Gasteiger partial charge in [-0.15, -0.1) is 0 Å². The number of Topliss-reactive ketones (excluding diaryl/α,β-unsaturated/α-hetero) is 1. The summed E-state index contributed by atoms with van der Waals surface area (Å²) in [5, 5.41) is 3.46. The van der Waals surface area contributed by atoms with Crippen LogP contribution in [0.4, 0.5) is 5.69 Å². The maximum absolute atomic E-state index is 13.4. The van der Waals surface area contributed by atoms with Gasteiger partial charge < -0.3 is 19.7 Å². The molecule has 2 saturated heterocycles. The van der Waals surface area contributed by atoms with E-state index < -0.39 is 29.4 Å². The van der Waals surface area contributed by atoms with E-state index in [9.17, 15) is 14.4 Å². The number of carbonyl (C=O) groups excluding carboxylic acids is 3. The molecule has 2 aromatic rings. The lowest BCUT2D eigenvalue weighted by atomic mass is 9.72. The number of esters is 1. The molecule has 0 spiro atoms.